The highest BCUT2D eigenvalue weighted by atomic mass is 32.2. The Morgan fingerprint density at radius 1 is 1.08 bits per heavy atom. The number of pyridine rings is 1. The molecule has 4 aromatic rings. The van der Waals surface area contributed by atoms with E-state index in [9.17, 15) is 4.79 Å². The second kappa shape index (κ2) is 6.09. The number of hydrogen-bond donors (Lipinski definition) is 0. The predicted octanol–water partition coefficient (Wildman–Crippen LogP) is 2.75. The predicted molar refractivity (Wildman–Crippen MR) is 94.2 cm³/mol. The standard InChI is InChI=1S/C17H15N5OS/c1-2-21-16(23)12-7-3-4-8-13(12)22-14(19-20-17(21)22)11-24-15-9-5-6-10-18-15/h3-10H,2,11H2,1H3. The van der Waals surface area contributed by atoms with Crippen LogP contribution in [0.4, 0.5) is 0 Å². The molecule has 120 valence electrons. The number of hydrogen-bond acceptors (Lipinski definition) is 5. The van der Waals surface area contributed by atoms with Crippen LogP contribution >= 0.6 is 11.8 Å². The fourth-order valence-electron chi connectivity index (χ4n) is 2.76. The third-order valence-electron chi connectivity index (χ3n) is 3.88. The SMILES string of the molecule is CCn1c(=O)c2ccccc2n2c(CSc3ccccn3)nnc12. The molecule has 1 aromatic carbocycles. The Kier molecular flexibility index (Phi) is 3.78. The molecule has 7 heteroatoms. The number of fused-ring (bicyclic) bond motifs is 3. The van der Waals surface area contributed by atoms with Crippen molar-refractivity contribution in [1.29, 1.82) is 0 Å². The highest BCUT2D eigenvalue weighted by Gasteiger charge is 2.15. The van der Waals surface area contributed by atoms with E-state index in [1.807, 2.05) is 53.8 Å². The third-order valence-corrected chi connectivity index (χ3v) is 4.82. The summed E-state index contributed by atoms with van der Waals surface area (Å²) in [6.07, 6.45) is 1.77. The van der Waals surface area contributed by atoms with Crippen molar-refractivity contribution in [1.82, 2.24) is 24.1 Å². The number of aryl methyl sites for hydroxylation is 1. The zero-order chi connectivity index (χ0) is 16.5. The molecule has 6 nitrogen and oxygen atoms in total. The van der Waals surface area contributed by atoms with E-state index in [2.05, 4.69) is 15.2 Å². The molecule has 24 heavy (non-hydrogen) atoms. The number of thioether (sulfide) groups is 1. The maximum absolute atomic E-state index is 12.6. The minimum Gasteiger partial charge on any atom is -0.277 e. The smallest absolute Gasteiger partial charge is 0.262 e. The first-order valence-electron chi connectivity index (χ1n) is 7.69. The summed E-state index contributed by atoms with van der Waals surface area (Å²) < 4.78 is 3.63. The summed E-state index contributed by atoms with van der Waals surface area (Å²) in [5.41, 5.74) is 0.806. The summed E-state index contributed by atoms with van der Waals surface area (Å²) in [6.45, 7) is 2.49. The number of benzene rings is 1. The van der Waals surface area contributed by atoms with Crippen LogP contribution in [0.3, 0.4) is 0 Å². The van der Waals surface area contributed by atoms with E-state index in [4.69, 9.17) is 0 Å². The average Bonchev–Trinajstić information content (AvgIpc) is 3.05. The molecule has 0 amide bonds. The average molecular weight is 337 g/mol. The quantitative estimate of drug-likeness (QED) is 0.536. The van der Waals surface area contributed by atoms with Crippen LogP contribution < -0.4 is 5.56 Å². The Bertz CT molecular complexity index is 1070. The molecule has 0 unspecified atom stereocenters. The maximum atomic E-state index is 12.6. The van der Waals surface area contributed by atoms with E-state index >= 15 is 0 Å². The molecule has 0 N–H and O–H groups in total. The number of rotatable bonds is 4. The van der Waals surface area contributed by atoms with Gasteiger partial charge in [0.2, 0.25) is 5.78 Å². The van der Waals surface area contributed by atoms with Crippen LogP contribution in [0.1, 0.15) is 12.7 Å². The van der Waals surface area contributed by atoms with Gasteiger partial charge in [0.1, 0.15) is 5.82 Å². The Morgan fingerprint density at radius 3 is 2.71 bits per heavy atom. The van der Waals surface area contributed by atoms with Gasteiger partial charge in [-0.15, -0.1) is 10.2 Å². The second-order valence-corrected chi connectivity index (χ2v) is 6.27. The van der Waals surface area contributed by atoms with Gasteiger partial charge in [0, 0.05) is 12.7 Å². The number of aromatic nitrogens is 5. The summed E-state index contributed by atoms with van der Waals surface area (Å²) >= 11 is 1.60. The summed E-state index contributed by atoms with van der Waals surface area (Å²) in [4.78, 5) is 16.9. The van der Waals surface area contributed by atoms with Gasteiger partial charge in [-0.05, 0) is 31.2 Å². The van der Waals surface area contributed by atoms with Crippen LogP contribution in [0.25, 0.3) is 16.7 Å². The summed E-state index contributed by atoms with van der Waals surface area (Å²) in [5.74, 6) is 2.02. The molecule has 0 bridgehead atoms. The van der Waals surface area contributed by atoms with E-state index in [-0.39, 0.29) is 5.56 Å². The first-order chi connectivity index (χ1) is 11.8. The molecule has 0 saturated carbocycles. The highest BCUT2D eigenvalue weighted by Crippen LogP contribution is 2.21. The lowest BCUT2D eigenvalue weighted by Crippen LogP contribution is -2.22. The number of nitrogens with zero attached hydrogens (tertiary/aromatic N) is 5. The molecule has 0 atom stereocenters. The van der Waals surface area contributed by atoms with Gasteiger partial charge in [0.25, 0.3) is 5.56 Å². The van der Waals surface area contributed by atoms with E-state index < -0.39 is 0 Å². The summed E-state index contributed by atoms with van der Waals surface area (Å²) in [6, 6.07) is 13.4. The van der Waals surface area contributed by atoms with Crippen molar-refractivity contribution in [3.8, 4) is 0 Å². The molecular formula is C17H15N5OS. The first-order valence-corrected chi connectivity index (χ1v) is 8.67. The molecule has 0 spiro atoms. The lowest BCUT2D eigenvalue weighted by atomic mass is 10.2. The Morgan fingerprint density at radius 2 is 1.92 bits per heavy atom. The van der Waals surface area contributed by atoms with Crippen molar-refractivity contribution in [2.24, 2.45) is 0 Å². The van der Waals surface area contributed by atoms with Gasteiger partial charge in [-0.2, -0.15) is 0 Å². The van der Waals surface area contributed by atoms with Crippen molar-refractivity contribution in [2.75, 3.05) is 0 Å². The second-order valence-electron chi connectivity index (χ2n) is 5.27. The van der Waals surface area contributed by atoms with Crippen molar-refractivity contribution >= 4 is 28.4 Å². The highest BCUT2D eigenvalue weighted by molar-refractivity contribution is 7.98. The van der Waals surface area contributed by atoms with Gasteiger partial charge < -0.3 is 0 Å². The van der Waals surface area contributed by atoms with E-state index in [1.54, 1.807) is 22.5 Å². The van der Waals surface area contributed by atoms with Gasteiger partial charge >= 0.3 is 0 Å². The van der Waals surface area contributed by atoms with E-state index in [1.165, 1.54) is 0 Å². The van der Waals surface area contributed by atoms with E-state index in [0.717, 1.165) is 16.4 Å². The molecule has 0 aliphatic heterocycles. The molecule has 0 saturated heterocycles. The number of para-hydroxylation sites is 1. The monoisotopic (exact) mass is 337 g/mol. The topological polar surface area (TPSA) is 65.1 Å². The molecule has 3 heterocycles. The molecule has 0 aliphatic carbocycles. The van der Waals surface area contributed by atoms with Gasteiger partial charge in [0.15, 0.2) is 0 Å². The van der Waals surface area contributed by atoms with Crippen LogP contribution in [0.5, 0.6) is 0 Å². The Hall–Kier alpha value is -2.67. The lowest BCUT2D eigenvalue weighted by molar-refractivity contribution is 0.735. The van der Waals surface area contributed by atoms with Crippen molar-refractivity contribution < 1.29 is 0 Å². The van der Waals surface area contributed by atoms with Crippen LogP contribution in [0.2, 0.25) is 0 Å². The Labute approximate surface area is 142 Å². The zero-order valence-corrected chi connectivity index (χ0v) is 13.9. The zero-order valence-electron chi connectivity index (χ0n) is 13.1. The molecule has 0 fully saturated rings. The fourth-order valence-corrected chi connectivity index (χ4v) is 3.54. The first kappa shape index (κ1) is 14.9. The lowest BCUT2D eigenvalue weighted by Gasteiger charge is -2.09. The van der Waals surface area contributed by atoms with Crippen LogP contribution in [0, 0.1) is 0 Å². The van der Waals surface area contributed by atoms with Gasteiger partial charge in [0.05, 0.1) is 21.7 Å². The summed E-state index contributed by atoms with van der Waals surface area (Å²) in [7, 11) is 0. The molecule has 0 radical (unpaired) electrons. The minimum atomic E-state index is -0.0306. The summed E-state index contributed by atoms with van der Waals surface area (Å²) in [5, 5.41) is 10.2. The Balaban J connectivity index is 1.88. The van der Waals surface area contributed by atoms with Crippen molar-refractivity contribution in [3.63, 3.8) is 0 Å². The molecule has 3 aromatic heterocycles. The van der Waals surface area contributed by atoms with Gasteiger partial charge in [-0.3, -0.25) is 13.8 Å². The van der Waals surface area contributed by atoms with Crippen LogP contribution in [-0.4, -0.2) is 24.1 Å². The van der Waals surface area contributed by atoms with Crippen LogP contribution in [-0.2, 0) is 12.3 Å². The molecule has 0 aliphatic rings. The molecular weight excluding hydrogens is 322 g/mol. The van der Waals surface area contributed by atoms with Crippen molar-refractivity contribution in [2.45, 2.75) is 24.2 Å². The van der Waals surface area contributed by atoms with Crippen molar-refractivity contribution in [3.05, 3.63) is 64.8 Å². The normalized spacial score (nSPS) is 11.4. The largest absolute Gasteiger partial charge is 0.277 e. The van der Waals surface area contributed by atoms with Gasteiger partial charge in [-0.1, -0.05) is 30.0 Å². The van der Waals surface area contributed by atoms with Gasteiger partial charge in [-0.25, -0.2) is 4.98 Å². The third kappa shape index (κ3) is 2.37. The maximum Gasteiger partial charge on any atom is 0.262 e. The fraction of sp³-hybridized carbons (Fsp3) is 0.176. The molecule has 4 rings (SSSR count). The van der Waals surface area contributed by atoms with Crippen LogP contribution in [0.15, 0.2) is 58.5 Å². The minimum absolute atomic E-state index is 0.0306. The van der Waals surface area contributed by atoms with E-state index in [0.29, 0.717) is 23.5 Å².